The maximum atomic E-state index is 10.4. The van der Waals surface area contributed by atoms with Crippen molar-refractivity contribution in [2.24, 2.45) is 0 Å². The van der Waals surface area contributed by atoms with Gasteiger partial charge in [0.2, 0.25) is 5.24 Å². The zero-order valence-electron chi connectivity index (χ0n) is 7.96. The lowest BCUT2D eigenvalue weighted by molar-refractivity contribution is -0.111. The molecule has 4 heteroatoms. The van der Waals surface area contributed by atoms with Crippen molar-refractivity contribution in [3.8, 4) is 0 Å². The summed E-state index contributed by atoms with van der Waals surface area (Å²) in [5.41, 5.74) is 0. The van der Waals surface area contributed by atoms with E-state index in [-0.39, 0.29) is 5.24 Å². The minimum atomic E-state index is -0.217. The second-order valence-corrected chi connectivity index (χ2v) is 5.05. The molecule has 0 amide bonds. The first kappa shape index (κ1) is 13.7. The van der Waals surface area contributed by atoms with Gasteiger partial charge in [0.15, 0.2) is 0 Å². The van der Waals surface area contributed by atoms with Crippen molar-refractivity contribution in [2.45, 2.75) is 50.7 Å². The molecule has 0 aromatic heterocycles. The maximum absolute atomic E-state index is 10.4. The molecule has 0 aliphatic heterocycles. The third kappa shape index (κ3) is 8.98. The van der Waals surface area contributed by atoms with E-state index in [0.717, 1.165) is 19.3 Å². The Kier molecular flexibility index (Phi) is 9.69. The smallest absolute Gasteiger partial charge is 0.221 e. The summed E-state index contributed by atoms with van der Waals surface area (Å²) in [5, 5.41) is 0.421. The summed E-state index contributed by atoms with van der Waals surface area (Å²) in [7, 11) is 1.63. The molecule has 0 aliphatic carbocycles. The third-order valence-corrected chi connectivity index (χ3v) is 3.76. The lowest BCUT2D eigenvalue weighted by Gasteiger charge is -2.11. The second kappa shape index (κ2) is 9.22. The van der Waals surface area contributed by atoms with E-state index in [4.69, 9.17) is 11.6 Å². The van der Waals surface area contributed by atoms with E-state index in [1.807, 2.05) is 0 Å². The predicted octanol–water partition coefficient (Wildman–Crippen LogP) is 4.06. The average molecular weight is 241 g/mol. The maximum Gasteiger partial charge on any atom is 0.221 e. The number of hydrogen-bond donors (Lipinski definition) is 1. The molecule has 78 valence electrons. The largest absolute Gasteiger partial charge is 0.281 e. The molecule has 0 aromatic rings. The first-order chi connectivity index (χ1) is 6.20. The van der Waals surface area contributed by atoms with Gasteiger partial charge in [0.05, 0.1) is 0 Å². The molecule has 0 N–H and O–H groups in total. The Morgan fingerprint density at radius 3 is 2.62 bits per heavy atom. The Labute approximate surface area is 94.8 Å². The van der Waals surface area contributed by atoms with E-state index in [1.165, 1.54) is 12.8 Å². The highest BCUT2D eigenvalue weighted by Gasteiger charge is 2.06. The van der Waals surface area contributed by atoms with Gasteiger partial charge in [0.1, 0.15) is 0 Å². The number of unbranched alkanes of at least 4 members (excludes halogenated alkanes) is 1. The Hall–Kier alpha value is 0.660. The molecular weight excluding hydrogens is 224 g/mol. The molecule has 0 heterocycles. The van der Waals surface area contributed by atoms with E-state index in [0.29, 0.717) is 11.7 Å². The SMILES string of the molecule is CCC[C@@H](CCCCC(=O)Cl)SS. The topological polar surface area (TPSA) is 17.1 Å². The number of hydrogen-bond acceptors (Lipinski definition) is 3. The predicted molar refractivity (Wildman–Crippen MR) is 64.6 cm³/mol. The molecule has 1 atom stereocenters. The van der Waals surface area contributed by atoms with Crippen molar-refractivity contribution in [2.75, 3.05) is 0 Å². The van der Waals surface area contributed by atoms with E-state index in [9.17, 15) is 4.79 Å². The number of thiol groups is 1. The van der Waals surface area contributed by atoms with Crippen LogP contribution in [-0.2, 0) is 4.79 Å². The third-order valence-electron chi connectivity index (χ3n) is 1.91. The number of rotatable bonds is 8. The zero-order chi connectivity index (χ0) is 10.1. The van der Waals surface area contributed by atoms with Gasteiger partial charge in [-0.2, -0.15) is 0 Å². The second-order valence-electron chi connectivity index (χ2n) is 3.12. The summed E-state index contributed by atoms with van der Waals surface area (Å²) in [4.78, 5) is 10.4. The van der Waals surface area contributed by atoms with Gasteiger partial charge in [-0.15, -0.1) is 11.7 Å². The molecule has 0 aromatic carbocycles. The molecule has 0 bridgehead atoms. The van der Waals surface area contributed by atoms with Crippen molar-refractivity contribution in [1.82, 2.24) is 0 Å². The van der Waals surface area contributed by atoms with E-state index >= 15 is 0 Å². The minimum absolute atomic E-state index is 0.217. The van der Waals surface area contributed by atoms with Gasteiger partial charge in [0, 0.05) is 11.7 Å². The minimum Gasteiger partial charge on any atom is -0.281 e. The van der Waals surface area contributed by atoms with Gasteiger partial charge < -0.3 is 0 Å². The summed E-state index contributed by atoms with van der Waals surface area (Å²) in [6, 6.07) is 0. The van der Waals surface area contributed by atoms with E-state index in [2.05, 4.69) is 18.6 Å². The standard InChI is InChI=1S/C9H17ClOS2/c1-2-5-8(13-12)6-3-4-7-9(10)11/h8,12H,2-7H2,1H3/t8-/m0/s1. The van der Waals surface area contributed by atoms with Crippen LogP contribution in [-0.4, -0.2) is 10.5 Å². The Bertz CT molecular complexity index is 142. The average Bonchev–Trinajstić information content (AvgIpc) is 2.10. The number of carbonyl (C=O) groups excluding carboxylic acids is 1. The molecule has 0 saturated carbocycles. The normalized spacial score (nSPS) is 12.8. The molecule has 0 fully saturated rings. The fourth-order valence-corrected chi connectivity index (χ4v) is 2.59. The van der Waals surface area contributed by atoms with E-state index in [1.54, 1.807) is 10.8 Å². The van der Waals surface area contributed by atoms with Gasteiger partial charge in [-0.25, -0.2) is 0 Å². The van der Waals surface area contributed by atoms with Gasteiger partial charge >= 0.3 is 0 Å². The lowest BCUT2D eigenvalue weighted by Crippen LogP contribution is -2.00. The van der Waals surface area contributed by atoms with Crippen molar-refractivity contribution in [3.05, 3.63) is 0 Å². The van der Waals surface area contributed by atoms with Crippen LogP contribution in [0.4, 0.5) is 0 Å². The summed E-state index contributed by atoms with van der Waals surface area (Å²) in [5.74, 6) is 0. The molecule has 0 rings (SSSR count). The Morgan fingerprint density at radius 1 is 1.46 bits per heavy atom. The fourth-order valence-electron chi connectivity index (χ4n) is 1.21. The highest BCUT2D eigenvalue weighted by Crippen LogP contribution is 2.24. The highest BCUT2D eigenvalue weighted by atomic mass is 35.5. The van der Waals surface area contributed by atoms with Crippen LogP contribution in [0.15, 0.2) is 0 Å². The molecular formula is C9H17ClOS2. The van der Waals surface area contributed by atoms with Crippen LogP contribution < -0.4 is 0 Å². The van der Waals surface area contributed by atoms with Crippen LogP contribution in [0.2, 0.25) is 0 Å². The van der Waals surface area contributed by atoms with Crippen molar-refractivity contribution in [3.63, 3.8) is 0 Å². The van der Waals surface area contributed by atoms with Gasteiger partial charge in [-0.1, -0.05) is 30.6 Å². The van der Waals surface area contributed by atoms with Crippen LogP contribution in [0.3, 0.4) is 0 Å². The van der Waals surface area contributed by atoms with Crippen LogP contribution in [0, 0.1) is 0 Å². The summed E-state index contributed by atoms with van der Waals surface area (Å²) in [6.07, 6.45) is 6.06. The monoisotopic (exact) mass is 240 g/mol. The van der Waals surface area contributed by atoms with Gasteiger partial charge in [-0.3, -0.25) is 4.79 Å². The molecule has 0 saturated heterocycles. The van der Waals surface area contributed by atoms with Crippen molar-refractivity contribution < 1.29 is 4.79 Å². The fraction of sp³-hybridized carbons (Fsp3) is 0.889. The number of halogens is 1. The quantitative estimate of drug-likeness (QED) is 0.298. The summed E-state index contributed by atoms with van der Waals surface area (Å²) < 4.78 is 0. The van der Waals surface area contributed by atoms with Gasteiger partial charge in [0.25, 0.3) is 0 Å². The van der Waals surface area contributed by atoms with Crippen molar-refractivity contribution >= 4 is 39.3 Å². The molecule has 0 aliphatic rings. The molecule has 0 radical (unpaired) electrons. The van der Waals surface area contributed by atoms with Crippen LogP contribution in [0.1, 0.15) is 45.4 Å². The molecule has 0 spiro atoms. The summed E-state index contributed by atoms with van der Waals surface area (Å²) >= 11 is 9.44. The van der Waals surface area contributed by atoms with E-state index < -0.39 is 0 Å². The van der Waals surface area contributed by atoms with Crippen LogP contribution in [0.5, 0.6) is 0 Å². The Balaban J connectivity index is 3.32. The van der Waals surface area contributed by atoms with Gasteiger partial charge in [-0.05, 0) is 30.9 Å². The molecule has 0 unspecified atom stereocenters. The first-order valence-corrected chi connectivity index (χ1v) is 7.00. The highest BCUT2D eigenvalue weighted by molar-refractivity contribution is 8.68. The Morgan fingerprint density at radius 2 is 2.15 bits per heavy atom. The van der Waals surface area contributed by atoms with Crippen LogP contribution >= 0.6 is 34.1 Å². The van der Waals surface area contributed by atoms with Crippen LogP contribution in [0.25, 0.3) is 0 Å². The number of carbonyl (C=O) groups is 1. The summed E-state index contributed by atoms with van der Waals surface area (Å²) in [6.45, 7) is 2.18. The lowest BCUT2D eigenvalue weighted by atomic mass is 10.1. The first-order valence-electron chi connectivity index (χ1n) is 4.69. The molecule has 13 heavy (non-hydrogen) atoms. The molecule has 1 nitrogen and oxygen atoms in total. The van der Waals surface area contributed by atoms with Crippen molar-refractivity contribution in [1.29, 1.82) is 0 Å². The zero-order valence-corrected chi connectivity index (χ0v) is 10.4.